The summed E-state index contributed by atoms with van der Waals surface area (Å²) < 4.78 is 5.65. The Hall–Kier alpha value is -1.12. The lowest BCUT2D eigenvalue weighted by Crippen LogP contribution is -2.36. The molecule has 0 bridgehead atoms. The maximum Gasteiger partial charge on any atom is 0.191 e. The number of halogens is 1. The van der Waals surface area contributed by atoms with Crippen LogP contribution in [0.3, 0.4) is 0 Å². The number of nitrogens with one attached hydrogen (secondary N) is 2. The molecule has 0 unspecified atom stereocenters. The molecule has 132 valence electrons. The summed E-state index contributed by atoms with van der Waals surface area (Å²) in [6, 6.07) is 12.6. The predicted molar refractivity (Wildman–Crippen MR) is 113 cm³/mol. The zero-order valence-corrected chi connectivity index (χ0v) is 17.6. The molecule has 0 saturated carbocycles. The van der Waals surface area contributed by atoms with Gasteiger partial charge in [0, 0.05) is 18.5 Å². The van der Waals surface area contributed by atoms with Gasteiger partial charge in [-0.05, 0) is 36.4 Å². The first-order valence-electron chi connectivity index (χ1n) is 7.83. The summed E-state index contributed by atoms with van der Waals surface area (Å²) in [5.41, 5.74) is 2.41. The van der Waals surface area contributed by atoms with Crippen molar-refractivity contribution in [2.24, 2.45) is 4.99 Å². The van der Waals surface area contributed by atoms with E-state index in [0.717, 1.165) is 19.0 Å². The van der Waals surface area contributed by atoms with E-state index in [1.54, 1.807) is 18.4 Å². The number of guanidine groups is 1. The van der Waals surface area contributed by atoms with E-state index in [2.05, 4.69) is 71.3 Å². The number of aliphatic imine (C=N–C) groups is 1. The molecular formula is C18H26IN3OS. The molecule has 0 saturated heterocycles. The molecule has 1 aromatic carbocycles. The molecule has 0 aliphatic heterocycles. The minimum Gasteiger partial charge on any atom is -0.374 e. The van der Waals surface area contributed by atoms with Crippen LogP contribution in [0, 0.1) is 0 Å². The highest BCUT2D eigenvalue weighted by Crippen LogP contribution is 2.09. The van der Waals surface area contributed by atoms with Crippen molar-refractivity contribution in [3.63, 3.8) is 0 Å². The lowest BCUT2D eigenvalue weighted by molar-refractivity contribution is 0.0657. The monoisotopic (exact) mass is 459 g/mol. The van der Waals surface area contributed by atoms with Crippen LogP contribution in [0.15, 0.2) is 46.8 Å². The van der Waals surface area contributed by atoms with E-state index in [0.29, 0.717) is 6.61 Å². The topological polar surface area (TPSA) is 45.7 Å². The van der Waals surface area contributed by atoms with E-state index in [1.165, 1.54) is 16.0 Å². The quantitative estimate of drug-likeness (QED) is 0.372. The van der Waals surface area contributed by atoms with Crippen LogP contribution >= 0.6 is 35.3 Å². The summed E-state index contributed by atoms with van der Waals surface area (Å²) in [5.74, 6) is 0.808. The Labute approximate surface area is 165 Å². The van der Waals surface area contributed by atoms with Crippen molar-refractivity contribution in [3.8, 4) is 0 Å². The number of nitrogens with zero attached hydrogens (tertiary/aromatic N) is 1. The van der Waals surface area contributed by atoms with Gasteiger partial charge in [-0.15, -0.1) is 35.3 Å². The predicted octanol–water partition coefficient (Wildman–Crippen LogP) is 4.16. The van der Waals surface area contributed by atoms with Crippen molar-refractivity contribution >= 4 is 41.3 Å². The highest BCUT2D eigenvalue weighted by molar-refractivity contribution is 14.0. The summed E-state index contributed by atoms with van der Waals surface area (Å²) in [6.45, 7) is 6.28. The first-order chi connectivity index (χ1) is 11.2. The maximum absolute atomic E-state index is 5.65. The Kier molecular flexibility index (Phi) is 9.97. The Morgan fingerprint density at radius 1 is 1.12 bits per heavy atom. The van der Waals surface area contributed by atoms with Gasteiger partial charge in [-0.3, -0.25) is 4.99 Å². The third kappa shape index (κ3) is 7.63. The molecule has 24 heavy (non-hydrogen) atoms. The first-order valence-corrected chi connectivity index (χ1v) is 8.71. The lowest BCUT2D eigenvalue weighted by atomic mass is 10.1. The Morgan fingerprint density at radius 2 is 1.88 bits per heavy atom. The Morgan fingerprint density at radius 3 is 2.54 bits per heavy atom. The van der Waals surface area contributed by atoms with Gasteiger partial charge in [0.2, 0.25) is 0 Å². The number of rotatable bonds is 7. The van der Waals surface area contributed by atoms with Crippen LogP contribution in [-0.4, -0.2) is 19.1 Å². The van der Waals surface area contributed by atoms with E-state index in [-0.39, 0.29) is 30.1 Å². The fraction of sp³-hybridized carbons (Fsp3) is 0.389. The molecule has 0 aliphatic rings. The van der Waals surface area contributed by atoms with Gasteiger partial charge >= 0.3 is 0 Å². The van der Waals surface area contributed by atoms with Gasteiger partial charge in [0.15, 0.2) is 5.96 Å². The highest BCUT2D eigenvalue weighted by Gasteiger charge is 2.02. The third-order valence-corrected chi connectivity index (χ3v) is 4.14. The number of ether oxygens (including phenoxy) is 1. The van der Waals surface area contributed by atoms with E-state index in [9.17, 15) is 0 Å². The van der Waals surface area contributed by atoms with E-state index in [4.69, 9.17) is 4.74 Å². The van der Waals surface area contributed by atoms with E-state index < -0.39 is 0 Å². The number of thiophene rings is 1. The summed E-state index contributed by atoms with van der Waals surface area (Å²) in [5, 5.41) is 8.75. The van der Waals surface area contributed by atoms with Gasteiger partial charge in [0.25, 0.3) is 0 Å². The zero-order valence-electron chi connectivity index (χ0n) is 14.4. The van der Waals surface area contributed by atoms with Crippen molar-refractivity contribution in [1.29, 1.82) is 0 Å². The minimum atomic E-state index is 0. The standard InChI is InChI=1S/C18H25N3OS.HI/c1-14(2)22-13-16-7-4-6-15(10-16)11-20-18(19-3)21-12-17-8-5-9-23-17;/h4-10,14H,11-13H2,1-3H3,(H2,19,20,21);1H. The van der Waals surface area contributed by atoms with Crippen LogP contribution in [0.4, 0.5) is 0 Å². The Balaban J connectivity index is 0.00000288. The van der Waals surface area contributed by atoms with Gasteiger partial charge in [0.05, 0.1) is 19.3 Å². The van der Waals surface area contributed by atoms with Gasteiger partial charge < -0.3 is 15.4 Å². The number of hydrogen-bond acceptors (Lipinski definition) is 3. The molecule has 2 rings (SSSR count). The summed E-state index contributed by atoms with van der Waals surface area (Å²) in [6.07, 6.45) is 0.247. The van der Waals surface area contributed by atoms with Gasteiger partial charge in [-0.25, -0.2) is 0 Å². The Bertz CT molecular complexity index is 614. The smallest absolute Gasteiger partial charge is 0.191 e. The third-order valence-electron chi connectivity index (χ3n) is 3.27. The second kappa shape index (κ2) is 11.4. The zero-order chi connectivity index (χ0) is 16.5. The molecule has 2 aromatic rings. The fourth-order valence-electron chi connectivity index (χ4n) is 2.08. The normalized spacial score (nSPS) is 11.2. The van der Waals surface area contributed by atoms with Gasteiger partial charge in [-0.2, -0.15) is 0 Å². The minimum absolute atomic E-state index is 0. The molecule has 1 aromatic heterocycles. The van der Waals surface area contributed by atoms with Gasteiger partial charge in [-0.1, -0.05) is 30.3 Å². The van der Waals surface area contributed by atoms with Crippen molar-refractivity contribution in [1.82, 2.24) is 10.6 Å². The summed E-state index contributed by atoms with van der Waals surface area (Å²) in [7, 11) is 1.79. The van der Waals surface area contributed by atoms with Crippen LogP contribution in [0.1, 0.15) is 29.9 Å². The second-order valence-electron chi connectivity index (χ2n) is 5.54. The molecule has 0 fully saturated rings. The lowest BCUT2D eigenvalue weighted by Gasteiger charge is -2.12. The molecule has 4 nitrogen and oxygen atoms in total. The number of hydrogen-bond donors (Lipinski definition) is 2. The average molecular weight is 459 g/mol. The van der Waals surface area contributed by atoms with E-state index >= 15 is 0 Å². The van der Waals surface area contributed by atoms with Crippen LogP contribution in [0.5, 0.6) is 0 Å². The highest BCUT2D eigenvalue weighted by atomic mass is 127. The molecule has 0 amide bonds. The molecular weight excluding hydrogens is 433 g/mol. The molecule has 0 atom stereocenters. The van der Waals surface area contributed by atoms with Crippen LogP contribution in [-0.2, 0) is 24.4 Å². The molecule has 2 N–H and O–H groups in total. The molecule has 6 heteroatoms. The van der Waals surface area contributed by atoms with Crippen LogP contribution < -0.4 is 10.6 Å². The number of benzene rings is 1. The average Bonchev–Trinajstić information content (AvgIpc) is 3.07. The maximum atomic E-state index is 5.65. The van der Waals surface area contributed by atoms with Crippen molar-refractivity contribution in [3.05, 3.63) is 57.8 Å². The van der Waals surface area contributed by atoms with E-state index in [1.807, 2.05) is 0 Å². The molecule has 1 heterocycles. The van der Waals surface area contributed by atoms with Crippen LogP contribution in [0.25, 0.3) is 0 Å². The fourth-order valence-corrected chi connectivity index (χ4v) is 2.73. The van der Waals surface area contributed by atoms with Crippen molar-refractivity contribution in [2.75, 3.05) is 7.05 Å². The largest absolute Gasteiger partial charge is 0.374 e. The van der Waals surface area contributed by atoms with Crippen LogP contribution in [0.2, 0.25) is 0 Å². The second-order valence-corrected chi connectivity index (χ2v) is 6.57. The molecule has 0 radical (unpaired) electrons. The van der Waals surface area contributed by atoms with Crippen molar-refractivity contribution in [2.45, 2.75) is 39.6 Å². The summed E-state index contributed by atoms with van der Waals surface area (Å²) >= 11 is 1.74. The summed E-state index contributed by atoms with van der Waals surface area (Å²) in [4.78, 5) is 5.55. The molecule has 0 aliphatic carbocycles. The first kappa shape index (κ1) is 20.9. The SMILES string of the molecule is CN=C(NCc1cccc(COC(C)C)c1)NCc1cccs1.I. The molecule has 0 spiro atoms. The van der Waals surface area contributed by atoms with Crippen molar-refractivity contribution < 1.29 is 4.74 Å². The van der Waals surface area contributed by atoms with Gasteiger partial charge in [0.1, 0.15) is 0 Å².